The van der Waals surface area contributed by atoms with Gasteiger partial charge in [-0.05, 0) is 56.2 Å². The Kier molecular flexibility index (Phi) is 5.90. The zero-order valence-corrected chi connectivity index (χ0v) is 14.7. The van der Waals surface area contributed by atoms with Crippen molar-refractivity contribution >= 4 is 5.91 Å². The Morgan fingerprint density at radius 3 is 2.50 bits per heavy atom. The van der Waals surface area contributed by atoms with Crippen molar-refractivity contribution in [3.05, 3.63) is 35.9 Å². The molecule has 2 unspecified atom stereocenters. The Labute approximate surface area is 145 Å². The summed E-state index contributed by atoms with van der Waals surface area (Å²) in [5, 5.41) is 13.3. The first kappa shape index (κ1) is 17.4. The second-order valence-corrected chi connectivity index (χ2v) is 7.61. The van der Waals surface area contributed by atoms with Gasteiger partial charge in [-0.15, -0.1) is 0 Å². The Hall–Kier alpha value is -1.39. The Bertz CT molecular complexity index is 522. The molecular formula is C20H30N2O2. The number of amides is 1. The number of aliphatic hydroxyl groups is 1. The van der Waals surface area contributed by atoms with Crippen LogP contribution in [0.25, 0.3) is 0 Å². The number of carbonyl (C=O) groups is 1. The van der Waals surface area contributed by atoms with Gasteiger partial charge in [0, 0.05) is 13.1 Å². The highest BCUT2D eigenvalue weighted by molar-refractivity contribution is 5.84. The number of hydrogen-bond acceptors (Lipinski definition) is 3. The van der Waals surface area contributed by atoms with E-state index in [0.717, 1.165) is 37.4 Å². The van der Waals surface area contributed by atoms with Gasteiger partial charge in [-0.25, -0.2) is 0 Å². The van der Waals surface area contributed by atoms with E-state index in [0.29, 0.717) is 19.0 Å². The van der Waals surface area contributed by atoms with Gasteiger partial charge in [-0.3, -0.25) is 4.79 Å². The molecule has 2 atom stereocenters. The normalized spacial score (nSPS) is 22.1. The number of hydrogen-bond donors (Lipinski definition) is 2. The molecule has 0 radical (unpaired) electrons. The number of benzene rings is 1. The van der Waals surface area contributed by atoms with Crippen molar-refractivity contribution < 1.29 is 9.90 Å². The van der Waals surface area contributed by atoms with Gasteiger partial charge >= 0.3 is 0 Å². The summed E-state index contributed by atoms with van der Waals surface area (Å²) in [7, 11) is 0. The molecule has 1 amide bonds. The van der Waals surface area contributed by atoms with Crippen LogP contribution in [-0.2, 0) is 4.79 Å². The number of piperidine rings is 1. The smallest absolute Gasteiger partial charge is 0.227 e. The van der Waals surface area contributed by atoms with Crippen molar-refractivity contribution in [2.75, 3.05) is 26.2 Å². The zero-order valence-electron chi connectivity index (χ0n) is 14.7. The van der Waals surface area contributed by atoms with Crippen LogP contribution in [0, 0.1) is 11.8 Å². The number of likely N-dealkylation sites (tertiary alicyclic amines) is 1. The molecule has 2 N–H and O–H groups in total. The SMILES string of the molecule is CC1CCN(CC(O)CNC(=O)C(c2ccccc2)C2CC2)CC1. The summed E-state index contributed by atoms with van der Waals surface area (Å²) in [6.07, 6.45) is 4.18. The first-order valence-electron chi connectivity index (χ1n) is 9.36. The summed E-state index contributed by atoms with van der Waals surface area (Å²) in [5.74, 6) is 1.26. The van der Waals surface area contributed by atoms with Gasteiger partial charge in [0.2, 0.25) is 5.91 Å². The Morgan fingerprint density at radius 2 is 1.88 bits per heavy atom. The van der Waals surface area contributed by atoms with E-state index in [2.05, 4.69) is 17.1 Å². The fraction of sp³-hybridized carbons (Fsp3) is 0.650. The van der Waals surface area contributed by atoms with E-state index in [1.54, 1.807) is 0 Å². The fourth-order valence-corrected chi connectivity index (χ4v) is 3.66. The van der Waals surface area contributed by atoms with Crippen LogP contribution in [-0.4, -0.2) is 48.2 Å². The lowest BCUT2D eigenvalue weighted by atomic mass is 9.93. The quantitative estimate of drug-likeness (QED) is 0.807. The first-order chi connectivity index (χ1) is 11.6. The highest BCUT2D eigenvalue weighted by atomic mass is 16.3. The van der Waals surface area contributed by atoms with Gasteiger partial charge in [0.05, 0.1) is 12.0 Å². The van der Waals surface area contributed by atoms with Gasteiger partial charge in [0.25, 0.3) is 0 Å². The van der Waals surface area contributed by atoms with E-state index in [-0.39, 0.29) is 11.8 Å². The number of nitrogens with zero attached hydrogens (tertiary/aromatic N) is 1. The van der Waals surface area contributed by atoms with E-state index < -0.39 is 6.10 Å². The lowest BCUT2D eigenvalue weighted by Crippen LogP contribution is -2.44. The maximum Gasteiger partial charge on any atom is 0.227 e. The van der Waals surface area contributed by atoms with E-state index in [1.807, 2.05) is 30.3 Å². The average molecular weight is 330 g/mol. The van der Waals surface area contributed by atoms with Gasteiger partial charge in [-0.2, -0.15) is 0 Å². The summed E-state index contributed by atoms with van der Waals surface area (Å²) >= 11 is 0. The minimum Gasteiger partial charge on any atom is -0.390 e. The minimum absolute atomic E-state index is 0.0609. The molecule has 1 aliphatic carbocycles. The summed E-state index contributed by atoms with van der Waals surface area (Å²) in [5.41, 5.74) is 1.09. The van der Waals surface area contributed by atoms with Gasteiger partial charge < -0.3 is 15.3 Å². The lowest BCUT2D eigenvalue weighted by Gasteiger charge is -2.31. The van der Waals surface area contributed by atoms with E-state index >= 15 is 0 Å². The van der Waals surface area contributed by atoms with Crippen molar-refractivity contribution in [2.45, 2.75) is 44.6 Å². The molecule has 4 nitrogen and oxygen atoms in total. The third kappa shape index (κ3) is 4.81. The minimum atomic E-state index is -0.488. The molecule has 1 aliphatic heterocycles. The number of aliphatic hydroxyl groups excluding tert-OH is 1. The van der Waals surface area contributed by atoms with Crippen LogP contribution in [0.2, 0.25) is 0 Å². The molecule has 0 bridgehead atoms. The number of nitrogens with one attached hydrogen (secondary N) is 1. The maximum atomic E-state index is 12.6. The summed E-state index contributed by atoms with van der Waals surface area (Å²) < 4.78 is 0. The number of rotatable bonds is 7. The van der Waals surface area contributed by atoms with Crippen LogP contribution in [0.5, 0.6) is 0 Å². The summed E-state index contributed by atoms with van der Waals surface area (Å²) in [6, 6.07) is 10.0. The van der Waals surface area contributed by atoms with E-state index in [4.69, 9.17) is 0 Å². The van der Waals surface area contributed by atoms with Crippen molar-refractivity contribution in [3.8, 4) is 0 Å². The van der Waals surface area contributed by atoms with Crippen LogP contribution in [0.15, 0.2) is 30.3 Å². The molecule has 0 aromatic heterocycles. The fourth-order valence-electron chi connectivity index (χ4n) is 3.66. The molecule has 3 rings (SSSR count). The van der Waals surface area contributed by atoms with Crippen LogP contribution in [0.3, 0.4) is 0 Å². The second-order valence-electron chi connectivity index (χ2n) is 7.61. The molecule has 1 saturated carbocycles. The first-order valence-corrected chi connectivity index (χ1v) is 9.36. The van der Waals surface area contributed by atoms with Gasteiger partial charge in [0.15, 0.2) is 0 Å². The van der Waals surface area contributed by atoms with E-state index in [9.17, 15) is 9.90 Å². The monoisotopic (exact) mass is 330 g/mol. The van der Waals surface area contributed by atoms with Crippen LogP contribution in [0.4, 0.5) is 0 Å². The number of β-amino-alcohol motifs (C(OH)–C–C–N with tert-alkyl or cyclic N) is 1. The highest BCUT2D eigenvalue weighted by Crippen LogP contribution is 2.42. The zero-order chi connectivity index (χ0) is 16.9. The van der Waals surface area contributed by atoms with Crippen LogP contribution < -0.4 is 5.32 Å². The number of carbonyl (C=O) groups excluding carboxylic acids is 1. The molecule has 1 aromatic rings. The highest BCUT2D eigenvalue weighted by Gasteiger charge is 2.37. The van der Waals surface area contributed by atoms with Gasteiger partial charge in [-0.1, -0.05) is 37.3 Å². The predicted octanol–water partition coefficient (Wildman–Crippen LogP) is 2.39. The molecule has 1 saturated heterocycles. The molecule has 0 spiro atoms. The van der Waals surface area contributed by atoms with Crippen LogP contribution in [0.1, 0.15) is 44.1 Å². The van der Waals surface area contributed by atoms with Crippen LogP contribution >= 0.6 is 0 Å². The Morgan fingerprint density at radius 1 is 1.21 bits per heavy atom. The lowest BCUT2D eigenvalue weighted by molar-refractivity contribution is -0.123. The second kappa shape index (κ2) is 8.13. The van der Waals surface area contributed by atoms with Crippen molar-refractivity contribution in [3.63, 3.8) is 0 Å². The largest absolute Gasteiger partial charge is 0.390 e. The topological polar surface area (TPSA) is 52.6 Å². The molecule has 1 heterocycles. The van der Waals surface area contributed by atoms with E-state index in [1.165, 1.54) is 12.8 Å². The Balaban J connectivity index is 1.47. The molecular weight excluding hydrogens is 300 g/mol. The van der Waals surface area contributed by atoms with Crippen molar-refractivity contribution in [2.24, 2.45) is 11.8 Å². The summed E-state index contributed by atoms with van der Waals surface area (Å²) in [4.78, 5) is 14.9. The molecule has 1 aromatic carbocycles. The molecule has 132 valence electrons. The maximum absolute atomic E-state index is 12.6. The standard InChI is InChI=1S/C20H30N2O2/c1-15-9-11-22(12-10-15)14-18(23)13-21-20(24)19(17-7-8-17)16-5-3-2-4-6-16/h2-6,15,17-19,23H,7-14H2,1H3,(H,21,24). The van der Waals surface area contributed by atoms with Crippen molar-refractivity contribution in [1.82, 2.24) is 10.2 Å². The average Bonchev–Trinajstić information content (AvgIpc) is 3.41. The van der Waals surface area contributed by atoms with Gasteiger partial charge in [0.1, 0.15) is 0 Å². The third-order valence-corrected chi connectivity index (χ3v) is 5.39. The molecule has 4 heteroatoms. The van der Waals surface area contributed by atoms with Crippen molar-refractivity contribution in [1.29, 1.82) is 0 Å². The molecule has 24 heavy (non-hydrogen) atoms. The third-order valence-electron chi connectivity index (χ3n) is 5.39. The summed E-state index contributed by atoms with van der Waals surface area (Å²) in [6.45, 7) is 5.41. The molecule has 2 fully saturated rings. The predicted molar refractivity (Wildman–Crippen MR) is 95.8 cm³/mol. The molecule has 2 aliphatic rings.